The average Bonchev–Trinajstić information content (AvgIpc) is 2.38. The molecule has 0 fully saturated rings. The van der Waals surface area contributed by atoms with Gasteiger partial charge in [0, 0.05) is 6.54 Å². The number of carbonyl (C=O) groups is 2. The zero-order valence-electron chi connectivity index (χ0n) is 13.0. The van der Waals surface area contributed by atoms with Crippen molar-refractivity contribution in [1.82, 2.24) is 5.32 Å². The molecule has 0 saturated carbocycles. The summed E-state index contributed by atoms with van der Waals surface area (Å²) in [5, 5.41) is 2.78. The first-order chi connectivity index (χ1) is 9.38. The van der Waals surface area contributed by atoms with Crippen LogP contribution in [0.15, 0.2) is 0 Å². The van der Waals surface area contributed by atoms with E-state index in [1.54, 1.807) is 6.92 Å². The lowest BCUT2D eigenvalue weighted by Crippen LogP contribution is -2.34. The molecule has 0 spiro atoms. The second-order valence-corrected chi connectivity index (χ2v) is 6.58. The van der Waals surface area contributed by atoms with Crippen molar-refractivity contribution in [2.24, 2.45) is 11.7 Å². The van der Waals surface area contributed by atoms with Gasteiger partial charge in [0.1, 0.15) is 6.04 Å². The van der Waals surface area contributed by atoms with E-state index in [1.807, 2.05) is 6.92 Å². The predicted molar refractivity (Wildman–Crippen MR) is 83.6 cm³/mol. The highest BCUT2D eigenvalue weighted by atomic mass is 32.2. The lowest BCUT2D eigenvalue weighted by Gasteiger charge is -2.14. The minimum Gasteiger partial charge on any atom is -0.465 e. The monoisotopic (exact) mass is 304 g/mol. The van der Waals surface area contributed by atoms with E-state index in [0.717, 1.165) is 6.42 Å². The summed E-state index contributed by atoms with van der Waals surface area (Å²) in [4.78, 5) is 23.1. The quantitative estimate of drug-likeness (QED) is 0.599. The molecule has 0 saturated heterocycles. The van der Waals surface area contributed by atoms with Crippen molar-refractivity contribution < 1.29 is 14.3 Å². The second-order valence-electron chi connectivity index (χ2n) is 5.13. The SMILES string of the molecule is CCOC(=O)C(N)CCSC(C)C(=O)NCCC(C)C. The van der Waals surface area contributed by atoms with E-state index in [9.17, 15) is 9.59 Å². The molecule has 0 aromatic carbocycles. The largest absolute Gasteiger partial charge is 0.465 e. The third kappa shape index (κ3) is 9.20. The standard InChI is InChI=1S/C14H28N2O3S/c1-5-19-14(18)12(15)7-9-20-11(4)13(17)16-8-6-10(2)3/h10-12H,5-9,15H2,1-4H3,(H,16,17). The lowest BCUT2D eigenvalue weighted by molar-refractivity contribution is -0.144. The van der Waals surface area contributed by atoms with Crippen LogP contribution in [0.4, 0.5) is 0 Å². The minimum absolute atomic E-state index is 0.0420. The Balaban J connectivity index is 3.78. The van der Waals surface area contributed by atoms with Crippen LogP contribution < -0.4 is 11.1 Å². The number of thioether (sulfide) groups is 1. The van der Waals surface area contributed by atoms with Crippen LogP contribution in [0.1, 0.15) is 40.5 Å². The van der Waals surface area contributed by atoms with E-state index in [1.165, 1.54) is 11.8 Å². The van der Waals surface area contributed by atoms with Gasteiger partial charge in [-0.15, -0.1) is 11.8 Å². The normalized spacial score (nSPS) is 13.9. The molecule has 0 aliphatic heterocycles. The first kappa shape index (κ1) is 19.2. The van der Waals surface area contributed by atoms with E-state index >= 15 is 0 Å². The van der Waals surface area contributed by atoms with Crippen LogP contribution in [0.25, 0.3) is 0 Å². The van der Waals surface area contributed by atoms with Crippen LogP contribution >= 0.6 is 11.8 Å². The van der Waals surface area contributed by atoms with Gasteiger partial charge < -0.3 is 15.8 Å². The Morgan fingerprint density at radius 2 is 1.90 bits per heavy atom. The molecule has 0 rings (SSSR count). The number of ether oxygens (including phenoxy) is 1. The highest BCUT2D eigenvalue weighted by Gasteiger charge is 2.17. The molecule has 5 nitrogen and oxygen atoms in total. The van der Waals surface area contributed by atoms with Gasteiger partial charge in [-0.2, -0.15) is 0 Å². The fourth-order valence-corrected chi connectivity index (χ4v) is 2.42. The Bertz CT molecular complexity index is 298. The molecule has 6 heteroatoms. The van der Waals surface area contributed by atoms with Gasteiger partial charge in [-0.3, -0.25) is 9.59 Å². The summed E-state index contributed by atoms with van der Waals surface area (Å²) in [5.74, 6) is 0.919. The van der Waals surface area contributed by atoms with Crippen LogP contribution in [0.2, 0.25) is 0 Å². The Kier molecular flexibility index (Phi) is 10.6. The van der Waals surface area contributed by atoms with Crippen molar-refractivity contribution in [3.63, 3.8) is 0 Å². The lowest BCUT2D eigenvalue weighted by atomic mass is 10.1. The van der Waals surface area contributed by atoms with Crippen LogP contribution in [-0.4, -0.2) is 42.1 Å². The van der Waals surface area contributed by atoms with Crippen LogP contribution in [0.5, 0.6) is 0 Å². The van der Waals surface area contributed by atoms with Crippen molar-refractivity contribution >= 4 is 23.6 Å². The molecule has 1 amide bonds. The maximum Gasteiger partial charge on any atom is 0.322 e. The third-order valence-corrected chi connectivity index (χ3v) is 3.96. The number of hydrogen-bond donors (Lipinski definition) is 2. The summed E-state index contributed by atoms with van der Waals surface area (Å²) in [7, 11) is 0. The number of amides is 1. The molecule has 2 atom stereocenters. The van der Waals surface area contributed by atoms with Gasteiger partial charge >= 0.3 is 5.97 Å². The summed E-state index contributed by atoms with van der Waals surface area (Å²) in [5.41, 5.74) is 5.69. The number of carbonyl (C=O) groups excluding carboxylic acids is 2. The molecule has 0 aromatic rings. The Hall–Kier alpha value is -0.750. The third-order valence-electron chi connectivity index (χ3n) is 2.78. The van der Waals surface area contributed by atoms with E-state index < -0.39 is 6.04 Å². The van der Waals surface area contributed by atoms with Gasteiger partial charge in [-0.05, 0) is 38.4 Å². The number of esters is 1. The maximum absolute atomic E-state index is 11.8. The van der Waals surface area contributed by atoms with Crippen LogP contribution in [0, 0.1) is 5.92 Å². The fourth-order valence-electron chi connectivity index (χ4n) is 1.44. The zero-order chi connectivity index (χ0) is 15.5. The molecule has 3 N–H and O–H groups in total. The molecule has 20 heavy (non-hydrogen) atoms. The Labute approximate surface area is 126 Å². The summed E-state index contributed by atoms with van der Waals surface area (Å²) >= 11 is 1.51. The van der Waals surface area contributed by atoms with E-state index in [-0.39, 0.29) is 17.1 Å². The van der Waals surface area contributed by atoms with Gasteiger partial charge in [-0.1, -0.05) is 13.8 Å². The Morgan fingerprint density at radius 1 is 1.25 bits per heavy atom. The highest BCUT2D eigenvalue weighted by molar-refractivity contribution is 8.00. The Morgan fingerprint density at radius 3 is 2.45 bits per heavy atom. The van der Waals surface area contributed by atoms with Gasteiger partial charge in [0.05, 0.1) is 11.9 Å². The number of rotatable bonds is 10. The molecule has 0 heterocycles. The number of hydrogen-bond acceptors (Lipinski definition) is 5. The zero-order valence-corrected chi connectivity index (χ0v) is 13.8. The fraction of sp³-hybridized carbons (Fsp3) is 0.857. The van der Waals surface area contributed by atoms with Gasteiger partial charge in [-0.25, -0.2) is 0 Å². The van der Waals surface area contributed by atoms with E-state index in [2.05, 4.69) is 19.2 Å². The molecular formula is C14H28N2O3S. The summed E-state index contributed by atoms with van der Waals surface area (Å²) in [6.45, 7) is 8.93. The maximum atomic E-state index is 11.8. The first-order valence-electron chi connectivity index (χ1n) is 7.20. The van der Waals surface area contributed by atoms with E-state index in [0.29, 0.717) is 31.2 Å². The van der Waals surface area contributed by atoms with Crippen molar-refractivity contribution in [2.75, 3.05) is 18.9 Å². The number of nitrogens with two attached hydrogens (primary N) is 1. The molecule has 0 bridgehead atoms. The molecular weight excluding hydrogens is 276 g/mol. The molecule has 0 aliphatic rings. The average molecular weight is 304 g/mol. The molecule has 0 radical (unpaired) electrons. The number of nitrogens with one attached hydrogen (secondary N) is 1. The molecule has 2 unspecified atom stereocenters. The summed E-state index contributed by atoms with van der Waals surface area (Å²) in [6.07, 6.45) is 1.50. The van der Waals surface area contributed by atoms with Crippen molar-refractivity contribution in [1.29, 1.82) is 0 Å². The first-order valence-corrected chi connectivity index (χ1v) is 8.24. The van der Waals surface area contributed by atoms with Crippen molar-refractivity contribution in [3.05, 3.63) is 0 Å². The second kappa shape index (κ2) is 11.0. The minimum atomic E-state index is -0.598. The summed E-state index contributed by atoms with van der Waals surface area (Å²) < 4.78 is 4.83. The molecule has 0 aliphatic carbocycles. The van der Waals surface area contributed by atoms with Crippen molar-refractivity contribution in [2.45, 2.75) is 51.8 Å². The van der Waals surface area contributed by atoms with Crippen LogP contribution in [0.3, 0.4) is 0 Å². The molecule has 0 aromatic heterocycles. The highest BCUT2D eigenvalue weighted by Crippen LogP contribution is 2.13. The van der Waals surface area contributed by atoms with Crippen molar-refractivity contribution in [3.8, 4) is 0 Å². The summed E-state index contributed by atoms with van der Waals surface area (Å²) in [6, 6.07) is -0.598. The van der Waals surface area contributed by atoms with E-state index in [4.69, 9.17) is 10.5 Å². The molecule has 118 valence electrons. The van der Waals surface area contributed by atoms with Crippen LogP contribution in [-0.2, 0) is 14.3 Å². The smallest absolute Gasteiger partial charge is 0.322 e. The predicted octanol–water partition coefficient (Wildman–Crippen LogP) is 1.55. The topological polar surface area (TPSA) is 81.4 Å². The van der Waals surface area contributed by atoms with Gasteiger partial charge in [0.2, 0.25) is 5.91 Å². The van der Waals surface area contributed by atoms with Gasteiger partial charge in [0.25, 0.3) is 0 Å². The van der Waals surface area contributed by atoms with Gasteiger partial charge in [0.15, 0.2) is 0 Å².